The Balaban J connectivity index is 0. The van der Waals surface area contributed by atoms with Crippen LogP contribution in [0.4, 0.5) is 0 Å². The molecule has 62 valence electrons. The molecule has 0 aliphatic heterocycles. The Morgan fingerprint density at radius 1 is 1.27 bits per heavy atom. The molecular weight excluding hydrogens is 131 g/mol. The minimum absolute atomic E-state index is 0. The topological polar surface area (TPSA) is 17.1 Å². The van der Waals surface area contributed by atoms with Crippen molar-refractivity contribution in [3.8, 4) is 0 Å². The Morgan fingerprint density at radius 2 is 1.73 bits per heavy atom. The van der Waals surface area contributed by atoms with Crippen LogP contribution in [0.2, 0.25) is 0 Å². The van der Waals surface area contributed by atoms with Gasteiger partial charge >= 0.3 is 18.9 Å². The molecule has 0 rings (SSSR count). The van der Waals surface area contributed by atoms with Gasteiger partial charge < -0.3 is 0 Å². The van der Waals surface area contributed by atoms with Crippen molar-refractivity contribution in [2.45, 2.75) is 47.0 Å². The third kappa shape index (κ3) is 6.66. The van der Waals surface area contributed by atoms with E-state index in [4.69, 9.17) is 0 Å². The van der Waals surface area contributed by atoms with E-state index in [1.165, 1.54) is 0 Å². The summed E-state index contributed by atoms with van der Waals surface area (Å²) in [6.45, 7) is 8.04. The van der Waals surface area contributed by atoms with Gasteiger partial charge in [-0.25, -0.2) is 0 Å². The molecule has 0 aromatic heterocycles. The summed E-state index contributed by atoms with van der Waals surface area (Å²) in [6, 6.07) is 0. The van der Waals surface area contributed by atoms with Crippen LogP contribution in [-0.2, 0) is 4.79 Å². The van der Waals surface area contributed by atoms with Crippen molar-refractivity contribution in [1.82, 2.24) is 0 Å². The van der Waals surface area contributed by atoms with Crippen LogP contribution in [0.3, 0.4) is 0 Å². The van der Waals surface area contributed by atoms with Gasteiger partial charge in [0.05, 0.1) is 0 Å². The summed E-state index contributed by atoms with van der Waals surface area (Å²) in [5.41, 5.74) is -0.130. The van der Waals surface area contributed by atoms with E-state index in [1.807, 2.05) is 20.8 Å². The van der Waals surface area contributed by atoms with Gasteiger partial charge in [0.15, 0.2) is 0 Å². The van der Waals surface area contributed by atoms with E-state index < -0.39 is 0 Å². The third-order valence-corrected chi connectivity index (χ3v) is 1.59. The van der Waals surface area contributed by atoms with E-state index in [0.29, 0.717) is 5.78 Å². The van der Waals surface area contributed by atoms with Crippen LogP contribution in [-0.4, -0.2) is 24.6 Å². The summed E-state index contributed by atoms with van der Waals surface area (Å²) in [6.07, 6.45) is 2.90. The Kier molecular flexibility index (Phi) is 7.37. The van der Waals surface area contributed by atoms with Gasteiger partial charge in [-0.1, -0.05) is 34.1 Å². The predicted molar refractivity (Wildman–Crippen MR) is 51.1 cm³/mol. The van der Waals surface area contributed by atoms with E-state index in [-0.39, 0.29) is 24.3 Å². The summed E-state index contributed by atoms with van der Waals surface area (Å²) in [4.78, 5) is 11.2. The summed E-state index contributed by atoms with van der Waals surface area (Å²) in [5, 5.41) is 0. The van der Waals surface area contributed by atoms with Gasteiger partial charge in [-0.05, 0) is 6.42 Å². The zero-order valence-corrected chi connectivity index (χ0v) is 7.53. The first-order chi connectivity index (χ1) is 4.48. The maximum atomic E-state index is 11.2. The van der Waals surface area contributed by atoms with E-state index in [9.17, 15) is 4.79 Å². The van der Waals surface area contributed by atoms with Gasteiger partial charge in [-0.3, -0.25) is 4.79 Å². The number of ketones is 1. The van der Waals surface area contributed by atoms with Gasteiger partial charge in [0.2, 0.25) is 0 Å². The first-order valence-corrected chi connectivity index (χ1v) is 4.01. The van der Waals surface area contributed by atoms with Crippen LogP contribution in [0.5, 0.6) is 0 Å². The molecule has 0 spiro atoms. The minimum atomic E-state index is -0.130. The number of unbranched alkanes of at least 4 members (excludes halogenated alkanes) is 1. The van der Waals surface area contributed by atoms with Gasteiger partial charge in [0, 0.05) is 11.8 Å². The fourth-order valence-corrected chi connectivity index (χ4v) is 0.712. The van der Waals surface area contributed by atoms with Crippen molar-refractivity contribution in [2.24, 2.45) is 5.41 Å². The Labute approximate surface area is 82.1 Å². The van der Waals surface area contributed by atoms with Crippen LogP contribution < -0.4 is 0 Å². The van der Waals surface area contributed by atoms with Gasteiger partial charge in [0.25, 0.3) is 0 Å². The van der Waals surface area contributed by atoms with Crippen molar-refractivity contribution in [3.63, 3.8) is 0 Å². The fraction of sp³-hybridized carbons (Fsp3) is 0.889. The summed E-state index contributed by atoms with van der Waals surface area (Å²) < 4.78 is 0. The second kappa shape index (κ2) is 5.86. The molecule has 2 heteroatoms. The molecule has 0 aromatic carbocycles. The standard InChI is InChI=1S/C9H18O.Li.H/c1-5-6-7-8(10)9(2,3)4;;/h5-7H2,1-4H3;;. The molecule has 0 bridgehead atoms. The number of rotatable bonds is 3. The van der Waals surface area contributed by atoms with Crippen molar-refractivity contribution < 1.29 is 4.79 Å². The average Bonchev–Trinajstić information content (AvgIpc) is 1.80. The first-order valence-electron chi connectivity index (χ1n) is 4.01. The predicted octanol–water partition coefficient (Wildman–Crippen LogP) is 2.14. The third-order valence-electron chi connectivity index (χ3n) is 1.59. The molecule has 0 radical (unpaired) electrons. The van der Waals surface area contributed by atoms with E-state index in [1.54, 1.807) is 0 Å². The van der Waals surface area contributed by atoms with Gasteiger partial charge in [0.1, 0.15) is 5.78 Å². The van der Waals surface area contributed by atoms with Crippen LogP contribution in [0.15, 0.2) is 0 Å². The molecule has 11 heavy (non-hydrogen) atoms. The average molecular weight is 150 g/mol. The molecule has 0 amide bonds. The molecule has 0 heterocycles. The second-order valence-electron chi connectivity index (χ2n) is 3.78. The molecule has 0 N–H and O–H groups in total. The van der Waals surface area contributed by atoms with Crippen LogP contribution in [0, 0.1) is 5.41 Å². The number of hydrogen-bond acceptors (Lipinski definition) is 1. The molecular formula is C9H19LiO. The van der Waals surface area contributed by atoms with E-state index >= 15 is 0 Å². The summed E-state index contributed by atoms with van der Waals surface area (Å²) in [7, 11) is 0. The van der Waals surface area contributed by atoms with E-state index in [0.717, 1.165) is 19.3 Å². The van der Waals surface area contributed by atoms with Crippen molar-refractivity contribution in [3.05, 3.63) is 0 Å². The Bertz CT molecular complexity index is 113. The van der Waals surface area contributed by atoms with Crippen LogP contribution in [0.25, 0.3) is 0 Å². The van der Waals surface area contributed by atoms with Crippen molar-refractivity contribution in [1.29, 1.82) is 0 Å². The summed E-state index contributed by atoms with van der Waals surface area (Å²) >= 11 is 0. The fourth-order valence-electron chi connectivity index (χ4n) is 0.712. The van der Waals surface area contributed by atoms with E-state index in [2.05, 4.69) is 6.92 Å². The van der Waals surface area contributed by atoms with Crippen molar-refractivity contribution >= 4 is 24.6 Å². The molecule has 0 saturated heterocycles. The van der Waals surface area contributed by atoms with Crippen molar-refractivity contribution in [2.75, 3.05) is 0 Å². The second-order valence-corrected chi connectivity index (χ2v) is 3.78. The van der Waals surface area contributed by atoms with Gasteiger partial charge in [-0.15, -0.1) is 0 Å². The molecule has 0 unspecified atom stereocenters. The Morgan fingerprint density at radius 3 is 2.00 bits per heavy atom. The number of Topliss-reactive ketones (excluding diaryl/α,β-unsaturated/α-hetero) is 1. The first kappa shape index (κ1) is 13.8. The monoisotopic (exact) mass is 150 g/mol. The molecule has 0 fully saturated rings. The number of carbonyl (C=O) groups excluding carboxylic acids is 1. The number of carbonyl (C=O) groups is 1. The normalized spacial score (nSPS) is 10.5. The van der Waals surface area contributed by atoms with Crippen LogP contribution >= 0.6 is 0 Å². The molecule has 0 saturated carbocycles. The quantitative estimate of drug-likeness (QED) is 0.563. The molecule has 0 aromatic rings. The molecule has 0 aliphatic carbocycles. The Hall–Kier alpha value is 0.267. The molecule has 0 atom stereocenters. The zero-order chi connectivity index (χ0) is 8.20. The summed E-state index contributed by atoms with van der Waals surface area (Å²) in [5.74, 6) is 0.384. The number of hydrogen-bond donors (Lipinski definition) is 0. The molecule has 0 aliphatic rings. The van der Waals surface area contributed by atoms with Gasteiger partial charge in [-0.2, -0.15) is 0 Å². The van der Waals surface area contributed by atoms with Crippen LogP contribution in [0.1, 0.15) is 47.0 Å². The molecule has 1 nitrogen and oxygen atoms in total. The maximum absolute atomic E-state index is 11.2. The SMILES string of the molecule is CCCCC(=O)C(C)(C)C.[LiH]. The zero-order valence-electron chi connectivity index (χ0n) is 7.53.